The number of hydrogen-bond acceptors (Lipinski definition) is 3. The number of nitrogens with zero attached hydrogens (tertiary/aromatic N) is 2. The fourth-order valence-corrected chi connectivity index (χ4v) is 3.03. The van der Waals surface area contributed by atoms with Crippen molar-refractivity contribution in [1.29, 1.82) is 0 Å². The minimum absolute atomic E-state index is 0.0929. The van der Waals surface area contributed by atoms with E-state index in [0.717, 1.165) is 30.5 Å². The molecule has 5 heteroatoms. The molecule has 1 atom stereocenters. The van der Waals surface area contributed by atoms with Crippen molar-refractivity contribution in [3.8, 4) is 0 Å². The summed E-state index contributed by atoms with van der Waals surface area (Å²) in [5, 5.41) is 4.88. The summed E-state index contributed by atoms with van der Waals surface area (Å²) in [6.45, 7) is 4.87. The molecule has 1 aromatic rings. The van der Waals surface area contributed by atoms with Gasteiger partial charge in [-0.3, -0.25) is 4.79 Å². The maximum atomic E-state index is 12.5. The highest BCUT2D eigenvalue weighted by molar-refractivity contribution is 6.30. The molecule has 0 N–H and O–H groups in total. The van der Waals surface area contributed by atoms with Crippen molar-refractivity contribution < 1.29 is 9.63 Å². The molecule has 23 heavy (non-hydrogen) atoms. The van der Waals surface area contributed by atoms with E-state index in [9.17, 15) is 4.79 Å². The average Bonchev–Trinajstić information content (AvgIpc) is 2.94. The Labute approximate surface area is 141 Å². The zero-order chi connectivity index (χ0) is 16.2. The second-order valence-electron chi connectivity index (χ2n) is 6.14. The van der Waals surface area contributed by atoms with Crippen LogP contribution in [-0.2, 0) is 9.63 Å². The predicted molar refractivity (Wildman–Crippen MR) is 91.6 cm³/mol. The minimum Gasteiger partial charge on any atom is -0.390 e. The van der Waals surface area contributed by atoms with Crippen molar-refractivity contribution in [2.75, 3.05) is 13.1 Å². The normalized spacial score (nSPS) is 20.4. The van der Waals surface area contributed by atoms with Gasteiger partial charge in [-0.25, -0.2) is 0 Å². The molecule has 1 aliphatic heterocycles. The molecule has 2 aliphatic rings. The Morgan fingerprint density at radius 1 is 1.39 bits per heavy atom. The molecule has 1 amide bonds. The van der Waals surface area contributed by atoms with E-state index >= 15 is 0 Å². The monoisotopic (exact) mass is 332 g/mol. The van der Waals surface area contributed by atoms with Gasteiger partial charge in [-0.1, -0.05) is 41.4 Å². The van der Waals surface area contributed by atoms with E-state index in [2.05, 4.69) is 11.7 Å². The molecule has 1 aliphatic carbocycles. The van der Waals surface area contributed by atoms with Crippen molar-refractivity contribution in [3.05, 3.63) is 47.5 Å². The SMILES string of the molecule is C=CCN(CC1CC(c2ccc(Cl)cc2)=NO1)C(=O)C1CCC1. The third-order valence-corrected chi connectivity index (χ3v) is 4.70. The highest BCUT2D eigenvalue weighted by Crippen LogP contribution is 2.29. The molecule has 0 spiro atoms. The third kappa shape index (κ3) is 3.75. The number of hydrogen-bond donors (Lipinski definition) is 0. The number of oxime groups is 1. The first-order chi connectivity index (χ1) is 11.2. The summed E-state index contributed by atoms with van der Waals surface area (Å²) in [5.74, 6) is 0.410. The van der Waals surface area contributed by atoms with Gasteiger partial charge < -0.3 is 9.74 Å². The summed E-state index contributed by atoms with van der Waals surface area (Å²) in [4.78, 5) is 19.8. The predicted octanol–water partition coefficient (Wildman–Crippen LogP) is 3.65. The molecular weight excluding hydrogens is 312 g/mol. The topological polar surface area (TPSA) is 41.9 Å². The highest BCUT2D eigenvalue weighted by Gasteiger charge is 2.32. The van der Waals surface area contributed by atoms with Crippen LogP contribution in [0, 0.1) is 5.92 Å². The number of benzene rings is 1. The lowest BCUT2D eigenvalue weighted by atomic mass is 9.84. The number of rotatable bonds is 6. The van der Waals surface area contributed by atoms with Crippen LogP contribution in [-0.4, -0.2) is 35.7 Å². The van der Waals surface area contributed by atoms with Gasteiger partial charge in [-0.15, -0.1) is 6.58 Å². The molecule has 3 rings (SSSR count). The standard InChI is InChI=1S/C18H21ClN2O2/c1-2-10-21(18(22)14-4-3-5-14)12-16-11-17(20-23-16)13-6-8-15(19)9-7-13/h2,6-9,14,16H,1,3-5,10-12H2. The molecular formula is C18H21ClN2O2. The molecule has 0 bridgehead atoms. The molecule has 1 heterocycles. The molecule has 1 unspecified atom stereocenters. The number of carbonyl (C=O) groups is 1. The Morgan fingerprint density at radius 2 is 2.13 bits per heavy atom. The van der Waals surface area contributed by atoms with Crippen LogP contribution in [0.5, 0.6) is 0 Å². The fourth-order valence-electron chi connectivity index (χ4n) is 2.91. The largest absolute Gasteiger partial charge is 0.390 e. The molecule has 122 valence electrons. The zero-order valence-electron chi connectivity index (χ0n) is 13.1. The van der Waals surface area contributed by atoms with Gasteiger partial charge in [0.1, 0.15) is 0 Å². The van der Waals surface area contributed by atoms with Crippen LogP contribution >= 0.6 is 11.6 Å². The van der Waals surface area contributed by atoms with Crippen molar-refractivity contribution >= 4 is 23.2 Å². The fraction of sp³-hybridized carbons (Fsp3) is 0.444. The minimum atomic E-state index is -0.0929. The van der Waals surface area contributed by atoms with Crippen molar-refractivity contribution in [1.82, 2.24) is 4.90 Å². The Morgan fingerprint density at radius 3 is 2.74 bits per heavy atom. The second-order valence-corrected chi connectivity index (χ2v) is 6.57. The summed E-state index contributed by atoms with van der Waals surface area (Å²) in [6, 6.07) is 7.57. The first kappa shape index (κ1) is 16.1. The van der Waals surface area contributed by atoms with Crippen LogP contribution in [0.15, 0.2) is 42.1 Å². The van der Waals surface area contributed by atoms with Crippen LogP contribution in [0.3, 0.4) is 0 Å². The van der Waals surface area contributed by atoms with Crippen molar-refractivity contribution in [2.24, 2.45) is 11.1 Å². The highest BCUT2D eigenvalue weighted by atomic mass is 35.5. The zero-order valence-corrected chi connectivity index (χ0v) is 13.8. The maximum absolute atomic E-state index is 12.5. The summed E-state index contributed by atoms with van der Waals surface area (Å²) >= 11 is 5.91. The van der Waals surface area contributed by atoms with Gasteiger partial charge in [0.2, 0.25) is 5.91 Å². The first-order valence-electron chi connectivity index (χ1n) is 8.05. The van der Waals surface area contributed by atoms with E-state index < -0.39 is 0 Å². The molecule has 4 nitrogen and oxygen atoms in total. The lowest BCUT2D eigenvalue weighted by Crippen LogP contribution is -2.43. The van der Waals surface area contributed by atoms with Crippen LogP contribution in [0.1, 0.15) is 31.2 Å². The van der Waals surface area contributed by atoms with Crippen LogP contribution in [0.2, 0.25) is 5.02 Å². The van der Waals surface area contributed by atoms with Crippen LogP contribution in [0.25, 0.3) is 0 Å². The van der Waals surface area contributed by atoms with Gasteiger partial charge in [-0.05, 0) is 30.5 Å². The van der Waals surface area contributed by atoms with Gasteiger partial charge in [0.15, 0.2) is 6.10 Å². The number of amides is 1. The molecule has 1 aromatic carbocycles. The summed E-state index contributed by atoms with van der Waals surface area (Å²) < 4.78 is 0. The Kier molecular flexibility index (Phi) is 5.01. The summed E-state index contributed by atoms with van der Waals surface area (Å²) in [7, 11) is 0. The molecule has 1 fully saturated rings. The van der Waals surface area contributed by atoms with Gasteiger partial charge >= 0.3 is 0 Å². The quantitative estimate of drug-likeness (QED) is 0.746. The van der Waals surface area contributed by atoms with Gasteiger partial charge in [-0.2, -0.15) is 0 Å². The Hall–Kier alpha value is -1.81. The average molecular weight is 333 g/mol. The van der Waals surface area contributed by atoms with E-state index in [1.165, 1.54) is 0 Å². The van der Waals surface area contributed by atoms with E-state index in [0.29, 0.717) is 24.5 Å². The summed E-state index contributed by atoms with van der Waals surface area (Å²) in [6.07, 6.45) is 5.54. The van der Waals surface area contributed by atoms with E-state index in [4.69, 9.17) is 16.4 Å². The van der Waals surface area contributed by atoms with E-state index in [-0.39, 0.29) is 17.9 Å². The van der Waals surface area contributed by atoms with Gasteiger partial charge in [0.25, 0.3) is 0 Å². The van der Waals surface area contributed by atoms with Gasteiger partial charge in [0.05, 0.1) is 12.3 Å². The smallest absolute Gasteiger partial charge is 0.226 e. The van der Waals surface area contributed by atoms with E-state index in [1.54, 1.807) is 6.08 Å². The van der Waals surface area contributed by atoms with Crippen LogP contribution in [0.4, 0.5) is 0 Å². The third-order valence-electron chi connectivity index (χ3n) is 4.45. The lowest BCUT2D eigenvalue weighted by Gasteiger charge is -2.32. The van der Waals surface area contributed by atoms with Crippen LogP contribution < -0.4 is 0 Å². The Bertz CT molecular complexity index is 608. The molecule has 0 aromatic heterocycles. The van der Waals surface area contributed by atoms with Crippen molar-refractivity contribution in [3.63, 3.8) is 0 Å². The number of carbonyl (C=O) groups excluding carboxylic acids is 1. The maximum Gasteiger partial charge on any atom is 0.226 e. The summed E-state index contributed by atoms with van der Waals surface area (Å²) in [5.41, 5.74) is 1.92. The van der Waals surface area contributed by atoms with Crippen molar-refractivity contribution in [2.45, 2.75) is 31.8 Å². The molecule has 1 saturated carbocycles. The second kappa shape index (κ2) is 7.18. The number of halogens is 1. The molecule has 0 saturated heterocycles. The van der Waals surface area contributed by atoms with Gasteiger partial charge in [0, 0.05) is 23.9 Å². The Balaban J connectivity index is 1.59. The lowest BCUT2D eigenvalue weighted by molar-refractivity contribution is -0.139. The van der Waals surface area contributed by atoms with E-state index in [1.807, 2.05) is 29.2 Å². The molecule has 0 radical (unpaired) electrons. The first-order valence-corrected chi connectivity index (χ1v) is 8.43.